The lowest BCUT2D eigenvalue weighted by Gasteiger charge is -2.09. The molecule has 0 fully saturated rings. The zero-order valence-corrected chi connectivity index (χ0v) is 16.5. The number of ether oxygens (including phenoxy) is 1. The molecule has 1 N–H and O–H groups in total. The summed E-state index contributed by atoms with van der Waals surface area (Å²) >= 11 is 13.7. The van der Waals surface area contributed by atoms with E-state index in [9.17, 15) is 4.79 Å². The van der Waals surface area contributed by atoms with Crippen molar-refractivity contribution in [2.45, 2.75) is 13.5 Å². The summed E-state index contributed by atoms with van der Waals surface area (Å²) in [6.07, 6.45) is 0. The monoisotopic (exact) mass is 406 g/mol. The Labute approximate surface area is 165 Å². The predicted molar refractivity (Wildman–Crippen MR) is 106 cm³/mol. The number of nitrogens with one attached hydrogen (secondary N) is 1. The van der Waals surface area contributed by atoms with Crippen LogP contribution in [-0.4, -0.2) is 18.0 Å². The Morgan fingerprint density at radius 2 is 2.00 bits per heavy atom. The van der Waals surface area contributed by atoms with Gasteiger partial charge in [-0.15, -0.1) is 11.3 Å². The van der Waals surface area contributed by atoms with Gasteiger partial charge in [0.05, 0.1) is 29.9 Å². The average molecular weight is 407 g/mol. The molecule has 26 heavy (non-hydrogen) atoms. The van der Waals surface area contributed by atoms with Crippen molar-refractivity contribution in [3.05, 3.63) is 68.6 Å². The van der Waals surface area contributed by atoms with Crippen molar-refractivity contribution >= 4 is 40.4 Å². The summed E-state index contributed by atoms with van der Waals surface area (Å²) in [5.41, 5.74) is 2.15. The smallest absolute Gasteiger partial charge is 0.255 e. The molecule has 3 aromatic rings. The normalized spacial score (nSPS) is 10.6. The van der Waals surface area contributed by atoms with E-state index in [0.29, 0.717) is 27.9 Å². The number of halogens is 2. The Balaban J connectivity index is 1.78. The fourth-order valence-electron chi connectivity index (χ4n) is 2.46. The van der Waals surface area contributed by atoms with Gasteiger partial charge in [-0.05, 0) is 31.2 Å². The summed E-state index contributed by atoms with van der Waals surface area (Å²) in [4.78, 5) is 18.0. The maximum atomic E-state index is 12.5. The molecule has 0 aliphatic rings. The SMILES string of the molecule is COc1ccc(Cl)cc1C(=O)NCc1sc(-c2ccccc2Cl)nc1C. The van der Waals surface area contributed by atoms with Crippen molar-refractivity contribution in [3.63, 3.8) is 0 Å². The van der Waals surface area contributed by atoms with E-state index in [1.54, 1.807) is 18.2 Å². The average Bonchev–Trinajstić information content (AvgIpc) is 3.00. The first-order chi connectivity index (χ1) is 12.5. The van der Waals surface area contributed by atoms with E-state index in [-0.39, 0.29) is 5.91 Å². The number of nitrogens with zero attached hydrogens (tertiary/aromatic N) is 1. The lowest BCUT2D eigenvalue weighted by molar-refractivity contribution is 0.0948. The number of aryl methyl sites for hydroxylation is 1. The Morgan fingerprint density at radius 1 is 1.23 bits per heavy atom. The van der Waals surface area contributed by atoms with E-state index >= 15 is 0 Å². The fraction of sp³-hybridized carbons (Fsp3) is 0.158. The van der Waals surface area contributed by atoms with Crippen molar-refractivity contribution in [3.8, 4) is 16.3 Å². The van der Waals surface area contributed by atoms with Crippen LogP contribution in [0.25, 0.3) is 10.6 Å². The number of thiazole rings is 1. The van der Waals surface area contributed by atoms with Crippen LogP contribution in [0.3, 0.4) is 0 Å². The second-order valence-corrected chi connectivity index (χ2v) is 7.46. The van der Waals surface area contributed by atoms with Crippen LogP contribution in [0.5, 0.6) is 5.75 Å². The molecule has 1 heterocycles. The number of rotatable bonds is 5. The van der Waals surface area contributed by atoms with E-state index in [2.05, 4.69) is 10.3 Å². The minimum Gasteiger partial charge on any atom is -0.496 e. The molecule has 0 unspecified atom stereocenters. The largest absolute Gasteiger partial charge is 0.496 e. The molecule has 3 rings (SSSR count). The van der Waals surface area contributed by atoms with Gasteiger partial charge in [0.2, 0.25) is 0 Å². The second kappa shape index (κ2) is 8.08. The zero-order valence-electron chi connectivity index (χ0n) is 14.2. The van der Waals surface area contributed by atoms with Crippen molar-refractivity contribution in [1.29, 1.82) is 0 Å². The van der Waals surface area contributed by atoms with E-state index in [0.717, 1.165) is 21.1 Å². The van der Waals surface area contributed by atoms with Gasteiger partial charge in [0, 0.05) is 15.5 Å². The van der Waals surface area contributed by atoms with Crippen LogP contribution in [0.2, 0.25) is 10.0 Å². The number of hydrogen-bond acceptors (Lipinski definition) is 4. The first-order valence-electron chi connectivity index (χ1n) is 7.82. The lowest BCUT2D eigenvalue weighted by atomic mass is 10.2. The highest BCUT2D eigenvalue weighted by Gasteiger charge is 2.16. The second-order valence-electron chi connectivity index (χ2n) is 5.53. The first kappa shape index (κ1) is 18.7. The van der Waals surface area contributed by atoms with Crippen LogP contribution in [0.4, 0.5) is 0 Å². The molecule has 0 aliphatic heterocycles. The summed E-state index contributed by atoms with van der Waals surface area (Å²) in [7, 11) is 1.52. The maximum absolute atomic E-state index is 12.5. The van der Waals surface area contributed by atoms with Crippen molar-refractivity contribution in [1.82, 2.24) is 10.3 Å². The highest BCUT2D eigenvalue weighted by atomic mass is 35.5. The van der Waals surface area contributed by atoms with Gasteiger partial charge >= 0.3 is 0 Å². The topological polar surface area (TPSA) is 51.2 Å². The minimum atomic E-state index is -0.253. The molecule has 0 spiro atoms. The number of carbonyl (C=O) groups excluding carboxylic acids is 1. The molecule has 1 amide bonds. The molecular formula is C19H16Cl2N2O2S. The van der Waals surface area contributed by atoms with Gasteiger partial charge in [-0.25, -0.2) is 4.98 Å². The van der Waals surface area contributed by atoms with Gasteiger partial charge in [0.25, 0.3) is 5.91 Å². The third kappa shape index (κ3) is 4.01. The molecule has 4 nitrogen and oxygen atoms in total. The molecule has 1 aromatic heterocycles. The Bertz CT molecular complexity index is 956. The molecule has 7 heteroatoms. The number of carbonyl (C=O) groups is 1. The van der Waals surface area contributed by atoms with Crippen LogP contribution in [0.15, 0.2) is 42.5 Å². The van der Waals surface area contributed by atoms with Gasteiger partial charge in [0.1, 0.15) is 10.8 Å². The van der Waals surface area contributed by atoms with E-state index in [1.807, 2.05) is 31.2 Å². The predicted octanol–water partition coefficient (Wildman–Crippen LogP) is 5.36. The molecule has 0 atom stereocenters. The van der Waals surface area contributed by atoms with Crippen LogP contribution in [-0.2, 0) is 6.54 Å². The van der Waals surface area contributed by atoms with Crippen molar-refractivity contribution < 1.29 is 9.53 Å². The van der Waals surface area contributed by atoms with Crippen molar-refractivity contribution in [2.24, 2.45) is 0 Å². The maximum Gasteiger partial charge on any atom is 0.255 e. The lowest BCUT2D eigenvalue weighted by Crippen LogP contribution is -2.23. The Kier molecular flexibility index (Phi) is 5.81. The quantitative estimate of drug-likeness (QED) is 0.619. The number of amides is 1. The standard InChI is InChI=1S/C19H16Cl2N2O2S/c1-11-17(26-19(23-11)13-5-3-4-6-15(13)21)10-22-18(24)14-9-12(20)7-8-16(14)25-2/h3-9H,10H2,1-2H3,(H,22,24). The molecule has 134 valence electrons. The third-order valence-electron chi connectivity index (χ3n) is 3.81. The van der Waals surface area contributed by atoms with Crippen LogP contribution in [0.1, 0.15) is 20.9 Å². The van der Waals surface area contributed by atoms with Crippen molar-refractivity contribution in [2.75, 3.05) is 7.11 Å². The van der Waals surface area contributed by atoms with E-state index in [4.69, 9.17) is 27.9 Å². The summed E-state index contributed by atoms with van der Waals surface area (Å²) in [6.45, 7) is 2.28. The van der Waals surface area contributed by atoms with Gasteiger partial charge in [-0.1, -0.05) is 41.4 Å². The van der Waals surface area contributed by atoms with E-state index in [1.165, 1.54) is 18.4 Å². The van der Waals surface area contributed by atoms with E-state index < -0.39 is 0 Å². The molecular weight excluding hydrogens is 391 g/mol. The fourth-order valence-corrected chi connectivity index (χ4v) is 3.95. The van der Waals surface area contributed by atoms with Gasteiger partial charge in [-0.3, -0.25) is 4.79 Å². The molecule has 0 saturated carbocycles. The van der Waals surface area contributed by atoms with Gasteiger partial charge in [0.15, 0.2) is 0 Å². The first-order valence-corrected chi connectivity index (χ1v) is 9.39. The summed E-state index contributed by atoms with van der Waals surface area (Å²) in [5.74, 6) is 0.223. The molecule has 0 radical (unpaired) electrons. The minimum absolute atomic E-state index is 0.253. The van der Waals surface area contributed by atoms with Gasteiger partial charge < -0.3 is 10.1 Å². The van der Waals surface area contributed by atoms with Crippen LogP contribution in [0, 0.1) is 6.92 Å². The Morgan fingerprint density at radius 3 is 2.73 bits per heavy atom. The van der Waals surface area contributed by atoms with Gasteiger partial charge in [-0.2, -0.15) is 0 Å². The summed E-state index contributed by atoms with van der Waals surface area (Å²) < 4.78 is 5.23. The van der Waals surface area contributed by atoms with Crippen LogP contribution < -0.4 is 10.1 Å². The molecule has 2 aromatic carbocycles. The summed E-state index contributed by atoms with van der Waals surface area (Å²) in [5, 5.41) is 4.86. The highest BCUT2D eigenvalue weighted by Crippen LogP contribution is 2.32. The zero-order chi connectivity index (χ0) is 18.7. The highest BCUT2D eigenvalue weighted by molar-refractivity contribution is 7.15. The molecule has 0 aliphatic carbocycles. The number of benzene rings is 2. The number of aromatic nitrogens is 1. The molecule has 0 bridgehead atoms. The third-order valence-corrected chi connectivity index (χ3v) is 5.57. The summed E-state index contributed by atoms with van der Waals surface area (Å²) in [6, 6.07) is 12.5. The number of methoxy groups -OCH3 is 1. The number of hydrogen-bond donors (Lipinski definition) is 1. The molecule has 0 saturated heterocycles. The Hall–Kier alpha value is -2.08. The van der Waals surface area contributed by atoms with Crippen LogP contribution >= 0.6 is 34.5 Å².